The lowest BCUT2D eigenvalue weighted by Crippen LogP contribution is -2.30. The monoisotopic (exact) mass is 302 g/mol. The zero-order valence-electron chi connectivity index (χ0n) is 12.4. The standard InChI is InChI=1S/C17H19FN2O2/c1-2-22-16-12-14(18)8-9-15(16)20-17(21)19-11-10-13-6-4-3-5-7-13/h3-9,12H,2,10-11H2,1H3,(H2,19,20,21). The van der Waals surface area contributed by atoms with Gasteiger partial charge in [0.05, 0.1) is 12.3 Å². The van der Waals surface area contributed by atoms with Crippen LogP contribution < -0.4 is 15.4 Å². The number of hydrogen-bond donors (Lipinski definition) is 2. The molecule has 22 heavy (non-hydrogen) atoms. The van der Waals surface area contributed by atoms with Crippen molar-refractivity contribution in [2.24, 2.45) is 0 Å². The van der Waals surface area contributed by atoms with Crippen LogP contribution in [0, 0.1) is 5.82 Å². The van der Waals surface area contributed by atoms with Crippen molar-refractivity contribution >= 4 is 11.7 Å². The van der Waals surface area contributed by atoms with Crippen molar-refractivity contribution in [2.75, 3.05) is 18.5 Å². The largest absolute Gasteiger partial charge is 0.492 e. The summed E-state index contributed by atoms with van der Waals surface area (Å²) < 4.78 is 18.5. The highest BCUT2D eigenvalue weighted by Gasteiger charge is 2.08. The minimum atomic E-state index is -0.404. The first kappa shape index (κ1) is 15.8. The van der Waals surface area contributed by atoms with E-state index >= 15 is 0 Å². The molecule has 0 atom stereocenters. The number of urea groups is 1. The van der Waals surface area contributed by atoms with E-state index in [1.807, 2.05) is 30.3 Å². The van der Waals surface area contributed by atoms with Gasteiger partial charge in [-0.05, 0) is 31.0 Å². The molecule has 116 valence electrons. The second-order valence-corrected chi connectivity index (χ2v) is 4.69. The quantitative estimate of drug-likeness (QED) is 0.856. The minimum absolute atomic E-state index is 0.320. The average molecular weight is 302 g/mol. The van der Waals surface area contributed by atoms with Crippen LogP contribution in [0.2, 0.25) is 0 Å². The average Bonchev–Trinajstić information content (AvgIpc) is 2.51. The van der Waals surface area contributed by atoms with Crippen LogP contribution in [0.15, 0.2) is 48.5 Å². The van der Waals surface area contributed by atoms with Gasteiger partial charge >= 0.3 is 6.03 Å². The van der Waals surface area contributed by atoms with Gasteiger partial charge in [0.1, 0.15) is 11.6 Å². The molecule has 0 aliphatic rings. The van der Waals surface area contributed by atoms with Crippen molar-refractivity contribution in [3.05, 3.63) is 59.9 Å². The number of anilines is 1. The second-order valence-electron chi connectivity index (χ2n) is 4.69. The molecule has 4 nitrogen and oxygen atoms in total. The van der Waals surface area contributed by atoms with Gasteiger partial charge in [-0.3, -0.25) is 0 Å². The topological polar surface area (TPSA) is 50.4 Å². The summed E-state index contributed by atoms with van der Waals surface area (Å²) in [6, 6.07) is 13.6. The van der Waals surface area contributed by atoms with Gasteiger partial charge in [-0.1, -0.05) is 30.3 Å². The van der Waals surface area contributed by atoms with Crippen LogP contribution in [0.25, 0.3) is 0 Å². The molecule has 0 bridgehead atoms. The predicted octanol–water partition coefficient (Wildman–Crippen LogP) is 3.59. The maximum absolute atomic E-state index is 13.2. The number of halogens is 1. The molecule has 0 aromatic heterocycles. The van der Waals surface area contributed by atoms with E-state index in [2.05, 4.69) is 10.6 Å². The maximum Gasteiger partial charge on any atom is 0.319 e. The Morgan fingerprint density at radius 1 is 1.18 bits per heavy atom. The molecule has 0 radical (unpaired) electrons. The Kier molecular flexibility index (Phi) is 5.77. The van der Waals surface area contributed by atoms with Crippen LogP contribution in [-0.2, 0) is 6.42 Å². The lowest BCUT2D eigenvalue weighted by Gasteiger charge is -2.12. The Morgan fingerprint density at radius 3 is 2.68 bits per heavy atom. The summed E-state index contributed by atoms with van der Waals surface area (Å²) in [5, 5.41) is 5.43. The number of carbonyl (C=O) groups excluding carboxylic acids is 1. The Morgan fingerprint density at radius 2 is 1.95 bits per heavy atom. The van der Waals surface area contributed by atoms with Crippen LogP contribution in [0.1, 0.15) is 12.5 Å². The molecule has 5 heteroatoms. The Balaban J connectivity index is 1.86. The Bertz CT molecular complexity index is 617. The van der Waals surface area contributed by atoms with E-state index in [1.165, 1.54) is 18.2 Å². The smallest absolute Gasteiger partial charge is 0.319 e. The number of carbonyl (C=O) groups is 1. The number of nitrogens with one attached hydrogen (secondary N) is 2. The SMILES string of the molecule is CCOc1cc(F)ccc1NC(=O)NCCc1ccccc1. The van der Waals surface area contributed by atoms with Crippen LogP contribution in [0.5, 0.6) is 5.75 Å². The summed E-state index contributed by atoms with van der Waals surface area (Å²) in [5.74, 6) is -0.0841. The molecule has 2 N–H and O–H groups in total. The van der Waals surface area contributed by atoms with Gasteiger partial charge in [-0.15, -0.1) is 0 Å². The third-order valence-electron chi connectivity index (χ3n) is 3.03. The molecule has 0 aliphatic heterocycles. The van der Waals surface area contributed by atoms with E-state index in [0.717, 1.165) is 12.0 Å². The molecule has 2 aromatic carbocycles. The number of ether oxygens (including phenoxy) is 1. The fraction of sp³-hybridized carbons (Fsp3) is 0.235. The van der Waals surface area contributed by atoms with Crippen molar-refractivity contribution in [2.45, 2.75) is 13.3 Å². The van der Waals surface area contributed by atoms with Crippen LogP contribution in [-0.4, -0.2) is 19.2 Å². The molecular formula is C17H19FN2O2. The van der Waals surface area contributed by atoms with E-state index in [4.69, 9.17) is 4.74 Å². The molecule has 0 saturated heterocycles. The molecule has 2 amide bonds. The zero-order valence-corrected chi connectivity index (χ0v) is 12.4. The maximum atomic E-state index is 13.2. The fourth-order valence-electron chi connectivity index (χ4n) is 2.01. The summed E-state index contributed by atoms with van der Waals surface area (Å²) in [6.45, 7) is 2.71. The van der Waals surface area contributed by atoms with E-state index in [-0.39, 0.29) is 6.03 Å². The highest BCUT2D eigenvalue weighted by Crippen LogP contribution is 2.25. The van der Waals surface area contributed by atoms with Crippen molar-refractivity contribution in [1.82, 2.24) is 5.32 Å². The van der Waals surface area contributed by atoms with Gasteiger partial charge < -0.3 is 15.4 Å². The van der Waals surface area contributed by atoms with Gasteiger partial charge in [-0.2, -0.15) is 0 Å². The summed E-state index contributed by atoms with van der Waals surface area (Å²) in [6.07, 6.45) is 0.746. The van der Waals surface area contributed by atoms with E-state index < -0.39 is 5.82 Å². The first-order valence-corrected chi connectivity index (χ1v) is 7.20. The number of benzene rings is 2. The van der Waals surface area contributed by atoms with Crippen molar-refractivity contribution in [1.29, 1.82) is 0 Å². The zero-order chi connectivity index (χ0) is 15.8. The van der Waals surface area contributed by atoms with Gasteiger partial charge in [0.25, 0.3) is 0 Å². The molecular weight excluding hydrogens is 283 g/mol. The van der Waals surface area contributed by atoms with Gasteiger partial charge in [0.15, 0.2) is 0 Å². The van der Waals surface area contributed by atoms with E-state index in [9.17, 15) is 9.18 Å². The molecule has 2 rings (SSSR count). The van der Waals surface area contributed by atoms with E-state index in [0.29, 0.717) is 24.6 Å². The summed E-state index contributed by atoms with van der Waals surface area (Å²) in [5.41, 5.74) is 1.60. The molecule has 0 spiro atoms. The highest BCUT2D eigenvalue weighted by molar-refractivity contribution is 5.90. The Labute approximate surface area is 129 Å². The normalized spacial score (nSPS) is 10.1. The fourth-order valence-corrected chi connectivity index (χ4v) is 2.01. The van der Waals surface area contributed by atoms with Crippen molar-refractivity contribution < 1.29 is 13.9 Å². The van der Waals surface area contributed by atoms with Crippen molar-refractivity contribution in [3.8, 4) is 5.75 Å². The summed E-state index contributed by atoms with van der Waals surface area (Å²) >= 11 is 0. The summed E-state index contributed by atoms with van der Waals surface area (Å²) in [4.78, 5) is 11.9. The predicted molar refractivity (Wildman–Crippen MR) is 84.7 cm³/mol. The lowest BCUT2D eigenvalue weighted by atomic mass is 10.1. The van der Waals surface area contributed by atoms with Gasteiger partial charge in [0.2, 0.25) is 0 Å². The molecule has 0 heterocycles. The van der Waals surface area contributed by atoms with Gasteiger partial charge in [-0.25, -0.2) is 9.18 Å². The molecule has 0 fully saturated rings. The van der Waals surface area contributed by atoms with E-state index in [1.54, 1.807) is 6.92 Å². The first-order chi connectivity index (χ1) is 10.7. The molecule has 0 saturated carbocycles. The van der Waals surface area contributed by atoms with Crippen molar-refractivity contribution in [3.63, 3.8) is 0 Å². The first-order valence-electron chi connectivity index (χ1n) is 7.20. The third-order valence-corrected chi connectivity index (χ3v) is 3.03. The number of amides is 2. The molecule has 2 aromatic rings. The summed E-state index contributed by atoms with van der Waals surface area (Å²) in [7, 11) is 0. The van der Waals surface area contributed by atoms with Gasteiger partial charge in [0, 0.05) is 12.6 Å². The minimum Gasteiger partial charge on any atom is -0.492 e. The molecule has 0 aliphatic carbocycles. The van der Waals surface area contributed by atoms with Crippen LogP contribution in [0.4, 0.5) is 14.9 Å². The van der Waals surface area contributed by atoms with Crippen LogP contribution >= 0.6 is 0 Å². The lowest BCUT2D eigenvalue weighted by molar-refractivity contribution is 0.252. The number of hydrogen-bond acceptors (Lipinski definition) is 2. The second kappa shape index (κ2) is 8.02. The molecule has 0 unspecified atom stereocenters. The highest BCUT2D eigenvalue weighted by atomic mass is 19.1. The number of rotatable bonds is 6. The Hall–Kier alpha value is -2.56. The van der Waals surface area contributed by atoms with Crippen LogP contribution in [0.3, 0.4) is 0 Å². The third kappa shape index (κ3) is 4.77.